The van der Waals surface area contributed by atoms with Gasteiger partial charge < -0.3 is 9.64 Å². The second kappa shape index (κ2) is 9.00. The number of rotatable bonds is 5. The summed E-state index contributed by atoms with van der Waals surface area (Å²) in [6.45, 7) is 8.61. The second-order valence-electron chi connectivity index (χ2n) is 6.94. The number of ether oxygens (including phenoxy) is 1. The highest BCUT2D eigenvalue weighted by atomic mass is 32.1. The maximum atomic E-state index is 6.16. The van der Waals surface area contributed by atoms with Gasteiger partial charge in [0.1, 0.15) is 0 Å². The van der Waals surface area contributed by atoms with Crippen LogP contribution in [-0.4, -0.2) is 55.3 Å². The molecule has 23 heavy (non-hydrogen) atoms. The van der Waals surface area contributed by atoms with Crippen LogP contribution < -0.4 is 4.90 Å². The van der Waals surface area contributed by atoms with Crippen LogP contribution in [0.5, 0.6) is 0 Å². The molecule has 2 aliphatic rings. The fraction of sp³-hybridized carbons (Fsp3) is 0.833. The molecule has 0 atom stereocenters. The van der Waals surface area contributed by atoms with Crippen LogP contribution in [0.4, 0.5) is 5.13 Å². The number of thiazole rings is 1. The van der Waals surface area contributed by atoms with Gasteiger partial charge in [0.05, 0.1) is 18.4 Å². The Morgan fingerprint density at radius 1 is 1.09 bits per heavy atom. The number of hydrogen-bond donors (Lipinski definition) is 0. The Bertz CT molecular complexity index is 457. The van der Waals surface area contributed by atoms with Crippen LogP contribution in [-0.2, 0) is 4.74 Å². The van der Waals surface area contributed by atoms with E-state index in [4.69, 9.17) is 4.74 Å². The highest BCUT2D eigenvalue weighted by molar-refractivity contribution is 7.13. The summed E-state index contributed by atoms with van der Waals surface area (Å²) in [7, 11) is 0. The molecule has 1 aromatic rings. The zero-order chi connectivity index (χ0) is 15.9. The molecule has 1 aliphatic heterocycles. The van der Waals surface area contributed by atoms with Crippen molar-refractivity contribution in [1.82, 2.24) is 9.88 Å². The third kappa shape index (κ3) is 5.44. The third-order valence-corrected chi connectivity index (χ3v) is 6.05. The summed E-state index contributed by atoms with van der Waals surface area (Å²) in [6, 6.07) is 0. The molecule has 1 saturated carbocycles. The van der Waals surface area contributed by atoms with E-state index in [0.717, 1.165) is 38.5 Å². The molecule has 2 fully saturated rings. The van der Waals surface area contributed by atoms with Crippen LogP contribution in [0.3, 0.4) is 0 Å². The fourth-order valence-electron chi connectivity index (χ4n) is 3.63. The van der Waals surface area contributed by atoms with Crippen LogP contribution in [0, 0.1) is 6.92 Å². The lowest BCUT2D eigenvalue weighted by Gasteiger charge is -2.23. The van der Waals surface area contributed by atoms with E-state index in [9.17, 15) is 0 Å². The molecule has 0 radical (unpaired) electrons. The van der Waals surface area contributed by atoms with Crippen LogP contribution in [0.2, 0.25) is 0 Å². The molecule has 2 heterocycles. The SMILES string of the molecule is Cc1csc(N2CCCN(CCOC3CCCCCC3)CC2)n1. The first-order valence-electron chi connectivity index (χ1n) is 9.32. The number of aryl methyl sites for hydroxylation is 1. The molecule has 0 N–H and O–H groups in total. The molecule has 0 aromatic carbocycles. The van der Waals surface area contributed by atoms with Gasteiger partial charge in [0.2, 0.25) is 0 Å². The van der Waals surface area contributed by atoms with Crippen molar-refractivity contribution < 1.29 is 4.74 Å². The molecule has 0 spiro atoms. The van der Waals surface area contributed by atoms with Crippen molar-refractivity contribution in [2.45, 2.75) is 58.0 Å². The van der Waals surface area contributed by atoms with Gasteiger partial charge >= 0.3 is 0 Å². The Hall–Kier alpha value is -0.650. The van der Waals surface area contributed by atoms with Crippen LogP contribution in [0.15, 0.2) is 5.38 Å². The van der Waals surface area contributed by atoms with E-state index in [1.807, 2.05) is 0 Å². The monoisotopic (exact) mass is 337 g/mol. The summed E-state index contributed by atoms with van der Waals surface area (Å²) in [5.74, 6) is 0. The molecule has 3 rings (SSSR count). The van der Waals surface area contributed by atoms with E-state index in [-0.39, 0.29) is 0 Å². The zero-order valence-corrected chi connectivity index (χ0v) is 15.3. The molecule has 1 aliphatic carbocycles. The van der Waals surface area contributed by atoms with E-state index in [2.05, 4.69) is 27.1 Å². The minimum atomic E-state index is 0.527. The molecule has 130 valence electrons. The predicted octanol–water partition coefficient (Wildman–Crippen LogP) is 3.70. The van der Waals surface area contributed by atoms with Gasteiger partial charge in [-0.3, -0.25) is 4.90 Å². The van der Waals surface area contributed by atoms with E-state index >= 15 is 0 Å². The van der Waals surface area contributed by atoms with Crippen molar-refractivity contribution in [3.05, 3.63) is 11.1 Å². The Balaban J connectivity index is 1.38. The minimum Gasteiger partial charge on any atom is -0.377 e. The summed E-state index contributed by atoms with van der Waals surface area (Å²) in [5, 5.41) is 3.34. The fourth-order valence-corrected chi connectivity index (χ4v) is 4.49. The number of aromatic nitrogens is 1. The maximum absolute atomic E-state index is 6.16. The van der Waals surface area contributed by atoms with Gasteiger partial charge in [0.25, 0.3) is 0 Å². The first-order chi connectivity index (χ1) is 11.3. The number of nitrogens with zero attached hydrogens (tertiary/aromatic N) is 3. The smallest absolute Gasteiger partial charge is 0.185 e. The van der Waals surface area contributed by atoms with Gasteiger partial charge in [0.15, 0.2) is 5.13 Å². The summed E-state index contributed by atoms with van der Waals surface area (Å²) in [4.78, 5) is 9.65. The molecule has 1 saturated heterocycles. The summed E-state index contributed by atoms with van der Waals surface area (Å²) >= 11 is 1.78. The lowest BCUT2D eigenvalue weighted by Crippen LogP contribution is -2.33. The zero-order valence-electron chi connectivity index (χ0n) is 14.5. The predicted molar refractivity (Wildman–Crippen MR) is 97.6 cm³/mol. The Labute approximate surface area is 144 Å². The van der Waals surface area contributed by atoms with E-state index < -0.39 is 0 Å². The molecular weight excluding hydrogens is 306 g/mol. The first kappa shape index (κ1) is 17.2. The second-order valence-corrected chi connectivity index (χ2v) is 7.77. The van der Waals surface area contributed by atoms with Gasteiger partial charge in [-0.25, -0.2) is 4.98 Å². The lowest BCUT2D eigenvalue weighted by molar-refractivity contribution is 0.0298. The third-order valence-electron chi connectivity index (χ3n) is 5.03. The quantitative estimate of drug-likeness (QED) is 0.766. The van der Waals surface area contributed by atoms with Crippen LogP contribution in [0.25, 0.3) is 0 Å². The van der Waals surface area contributed by atoms with Gasteiger partial charge in [-0.15, -0.1) is 11.3 Å². The average Bonchev–Trinajstić information content (AvgIpc) is 2.76. The van der Waals surface area contributed by atoms with E-state index in [1.165, 1.54) is 56.6 Å². The molecule has 0 unspecified atom stereocenters. The summed E-state index contributed by atoms with van der Waals surface area (Å²) in [6.07, 6.45) is 9.82. The van der Waals surface area contributed by atoms with Crippen molar-refractivity contribution in [2.24, 2.45) is 0 Å². The van der Waals surface area contributed by atoms with E-state index in [0.29, 0.717) is 6.10 Å². The Kier molecular flexibility index (Phi) is 6.72. The highest BCUT2D eigenvalue weighted by Gasteiger charge is 2.18. The summed E-state index contributed by atoms with van der Waals surface area (Å²) in [5.41, 5.74) is 1.14. The Morgan fingerprint density at radius 2 is 1.91 bits per heavy atom. The molecule has 0 bridgehead atoms. The van der Waals surface area contributed by atoms with Crippen molar-refractivity contribution >= 4 is 16.5 Å². The lowest BCUT2D eigenvalue weighted by atomic mass is 10.1. The van der Waals surface area contributed by atoms with Gasteiger partial charge in [-0.2, -0.15) is 0 Å². The van der Waals surface area contributed by atoms with Gasteiger partial charge in [-0.05, 0) is 32.7 Å². The van der Waals surface area contributed by atoms with Gasteiger partial charge in [0, 0.05) is 31.6 Å². The average molecular weight is 338 g/mol. The van der Waals surface area contributed by atoms with Crippen LogP contribution >= 0.6 is 11.3 Å². The van der Waals surface area contributed by atoms with Crippen molar-refractivity contribution in [2.75, 3.05) is 44.2 Å². The van der Waals surface area contributed by atoms with Crippen molar-refractivity contribution in [1.29, 1.82) is 0 Å². The minimum absolute atomic E-state index is 0.527. The van der Waals surface area contributed by atoms with Crippen molar-refractivity contribution in [3.8, 4) is 0 Å². The van der Waals surface area contributed by atoms with Crippen molar-refractivity contribution in [3.63, 3.8) is 0 Å². The van der Waals surface area contributed by atoms with E-state index in [1.54, 1.807) is 11.3 Å². The molecule has 0 amide bonds. The number of anilines is 1. The number of hydrogen-bond acceptors (Lipinski definition) is 5. The summed E-state index contributed by atoms with van der Waals surface area (Å²) < 4.78 is 6.16. The topological polar surface area (TPSA) is 28.6 Å². The first-order valence-corrected chi connectivity index (χ1v) is 10.2. The maximum Gasteiger partial charge on any atom is 0.185 e. The molecule has 5 heteroatoms. The molecule has 1 aromatic heterocycles. The highest BCUT2D eigenvalue weighted by Crippen LogP contribution is 2.22. The molecule has 4 nitrogen and oxygen atoms in total. The van der Waals surface area contributed by atoms with Gasteiger partial charge in [-0.1, -0.05) is 25.7 Å². The molecular formula is C18H31N3OS. The standard InChI is InChI=1S/C18H31N3OS/c1-16-15-23-18(19-16)21-10-6-9-20(11-12-21)13-14-22-17-7-4-2-3-5-8-17/h15,17H,2-14H2,1H3. The largest absolute Gasteiger partial charge is 0.377 e. The van der Waals surface area contributed by atoms with Crippen LogP contribution in [0.1, 0.15) is 50.6 Å². The normalized spacial score (nSPS) is 22.0. The Morgan fingerprint density at radius 3 is 2.65 bits per heavy atom.